The van der Waals surface area contributed by atoms with Crippen LogP contribution >= 0.6 is 0 Å². The van der Waals surface area contributed by atoms with Crippen LogP contribution in [0.25, 0.3) is 0 Å². The van der Waals surface area contributed by atoms with Crippen LogP contribution in [-0.4, -0.2) is 47.2 Å². The van der Waals surface area contributed by atoms with Gasteiger partial charge in [0.25, 0.3) is 0 Å². The van der Waals surface area contributed by atoms with Crippen LogP contribution in [0.15, 0.2) is 48.5 Å². The van der Waals surface area contributed by atoms with Crippen LogP contribution in [0.2, 0.25) is 0 Å². The Labute approximate surface area is 280 Å². The Kier molecular flexibility index (Phi) is 17.0. The number of hydrogen-bond acceptors (Lipinski definition) is 6. The number of carbonyl (C=O) groups is 5. The molecule has 0 aromatic heterocycles. The van der Waals surface area contributed by atoms with Crippen LogP contribution in [0.3, 0.4) is 0 Å². The molecule has 2 N–H and O–H groups in total. The number of rotatable bonds is 22. The van der Waals surface area contributed by atoms with Crippen LogP contribution < -0.4 is 5.32 Å². The van der Waals surface area contributed by atoms with Crippen LogP contribution in [-0.2, 0) is 36.5 Å². The first kappa shape index (κ1) is 40.2. The fourth-order valence-corrected chi connectivity index (χ4v) is 5.51. The molecule has 0 spiro atoms. The summed E-state index contributed by atoms with van der Waals surface area (Å²) in [5.74, 6) is -5.78. The number of alkyl halides is 3. The van der Waals surface area contributed by atoms with Gasteiger partial charge in [0.1, 0.15) is 0 Å². The monoisotopic (exact) mass is 675 g/mol. The fraction of sp³-hybridized carbons (Fsp3) is 0.541. The topological polar surface area (TPSA) is 127 Å². The maximum absolute atomic E-state index is 13.7. The van der Waals surface area contributed by atoms with Gasteiger partial charge in [-0.2, -0.15) is 13.2 Å². The number of carboxylic acid groups (broad SMARTS) is 1. The quantitative estimate of drug-likeness (QED) is 0.0968. The Balaban J connectivity index is 2.15. The fourth-order valence-electron chi connectivity index (χ4n) is 5.51. The highest BCUT2D eigenvalue weighted by atomic mass is 19.4. The van der Waals surface area contributed by atoms with Crippen molar-refractivity contribution in [3.8, 4) is 0 Å². The van der Waals surface area contributed by atoms with Gasteiger partial charge in [-0.3, -0.25) is 19.2 Å². The Morgan fingerprint density at radius 2 is 1.50 bits per heavy atom. The molecule has 0 radical (unpaired) electrons. The lowest BCUT2D eigenvalue weighted by molar-refractivity contribution is -0.138. The lowest BCUT2D eigenvalue weighted by Crippen LogP contribution is -2.45. The van der Waals surface area contributed by atoms with Gasteiger partial charge in [0, 0.05) is 24.7 Å². The van der Waals surface area contributed by atoms with E-state index in [2.05, 4.69) is 12.2 Å². The average Bonchev–Trinajstić information content (AvgIpc) is 3.04. The van der Waals surface area contributed by atoms with E-state index in [4.69, 9.17) is 4.74 Å². The maximum atomic E-state index is 13.7. The van der Waals surface area contributed by atoms with Gasteiger partial charge >= 0.3 is 18.1 Å². The number of aliphatic carboxylic acids is 1. The molecule has 2 rings (SSSR count). The number of ketones is 2. The molecular weight excluding hydrogens is 627 g/mol. The van der Waals surface area contributed by atoms with E-state index in [0.717, 1.165) is 43.4 Å². The van der Waals surface area contributed by atoms with Crippen molar-refractivity contribution in [3.63, 3.8) is 0 Å². The number of carboxylic acids is 1. The molecule has 0 bridgehead atoms. The van der Waals surface area contributed by atoms with Crippen molar-refractivity contribution >= 4 is 29.4 Å². The lowest BCUT2D eigenvalue weighted by atomic mass is 9.88. The van der Waals surface area contributed by atoms with Crippen LogP contribution in [0.1, 0.15) is 112 Å². The van der Waals surface area contributed by atoms with Crippen molar-refractivity contribution in [3.05, 3.63) is 70.8 Å². The standard InChI is InChI=1S/C37H48F3NO7/c1-4-5-6-7-8-9-11-15-26(3)35(46)41-30(22-27-17-12-10-13-18-27)31(42)23-28(20-21-33(44)45)32(43)24-48-36(47)34-25(2)16-14-19-29(34)37(38,39)40/h10,12-14,16-19,26,28,30H,4-9,11,15,20-24H2,1-3H3,(H,41,46)(H,44,45)/t26?,28-,30?/m1/s1. The van der Waals surface area contributed by atoms with E-state index < -0.39 is 72.2 Å². The summed E-state index contributed by atoms with van der Waals surface area (Å²) < 4.78 is 45.6. The number of halogens is 3. The zero-order chi connectivity index (χ0) is 35.7. The van der Waals surface area contributed by atoms with Gasteiger partial charge in [-0.25, -0.2) is 4.79 Å². The second-order valence-electron chi connectivity index (χ2n) is 12.4. The van der Waals surface area contributed by atoms with Gasteiger partial charge in [0.15, 0.2) is 18.2 Å². The lowest BCUT2D eigenvalue weighted by Gasteiger charge is -2.23. The first-order valence-corrected chi connectivity index (χ1v) is 16.7. The highest BCUT2D eigenvalue weighted by molar-refractivity contribution is 5.97. The predicted molar refractivity (Wildman–Crippen MR) is 175 cm³/mol. The van der Waals surface area contributed by atoms with Gasteiger partial charge in [-0.1, -0.05) is 101 Å². The van der Waals surface area contributed by atoms with Gasteiger partial charge < -0.3 is 15.2 Å². The Bertz CT molecular complexity index is 1360. The minimum Gasteiger partial charge on any atom is -0.481 e. The summed E-state index contributed by atoms with van der Waals surface area (Å²) in [7, 11) is 0. The molecule has 0 heterocycles. The molecule has 0 saturated heterocycles. The normalized spacial score (nSPS) is 13.3. The third kappa shape index (κ3) is 14.0. The molecule has 2 unspecified atom stereocenters. The van der Waals surface area contributed by atoms with Crippen molar-refractivity contribution in [1.29, 1.82) is 0 Å². The van der Waals surface area contributed by atoms with Crippen molar-refractivity contribution in [2.24, 2.45) is 11.8 Å². The minimum atomic E-state index is -4.84. The third-order valence-corrected chi connectivity index (χ3v) is 8.41. The smallest absolute Gasteiger partial charge is 0.417 e. The van der Waals surface area contributed by atoms with Gasteiger partial charge in [-0.15, -0.1) is 0 Å². The highest BCUT2D eigenvalue weighted by Crippen LogP contribution is 2.33. The third-order valence-electron chi connectivity index (χ3n) is 8.41. The molecule has 264 valence electrons. The molecule has 1 amide bonds. The number of benzene rings is 2. The van der Waals surface area contributed by atoms with E-state index in [1.807, 2.05) is 0 Å². The van der Waals surface area contributed by atoms with E-state index in [1.165, 1.54) is 32.3 Å². The average molecular weight is 676 g/mol. The first-order valence-electron chi connectivity index (χ1n) is 16.7. The summed E-state index contributed by atoms with van der Waals surface area (Å²) >= 11 is 0. The molecule has 0 saturated carbocycles. The summed E-state index contributed by atoms with van der Waals surface area (Å²) in [6.45, 7) is 4.31. The molecule has 0 aliphatic carbocycles. The number of ether oxygens (including phenoxy) is 1. The summed E-state index contributed by atoms with van der Waals surface area (Å²) in [6.07, 6.45) is 2.45. The van der Waals surface area contributed by atoms with Crippen LogP contribution in [0.4, 0.5) is 13.2 Å². The summed E-state index contributed by atoms with van der Waals surface area (Å²) in [5, 5.41) is 12.1. The number of carbonyl (C=O) groups excluding carboxylic acids is 4. The van der Waals surface area contributed by atoms with E-state index in [9.17, 15) is 42.3 Å². The number of aryl methyl sites for hydroxylation is 1. The van der Waals surface area contributed by atoms with Crippen LogP contribution in [0.5, 0.6) is 0 Å². The largest absolute Gasteiger partial charge is 0.481 e. The molecule has 8 nitrogen and oxygen atoms in total. The van der Waals surface area contributed by atoms with E-state index in [-0.39, 0.29) is 30.2 Å². The SMILES string of the molecule is CCCCCCCCCC(C)C(=O)NC(Cc1ccccc1)C(=O)C[C@@H](CCC(=O)O)C(=O)COC(=O)c1c(C)cccc1C(F)(F)F. The number of Topliss-reactive ketones (excluding diaryl/α,β-unsaturated/α-hetero) is 2. The summed E-state index contributed by atoms with van der Waals surface area (Å²) in [6, 6.07) is 11.1. The van der Waals surface area contributed by atoms with Crippen molar-refractivity contribution < 1.29 is 47.0 Å². The van der Waals surface area contributed by atoms with Gasteiger partial charge in [-0.05, 0) is 43.4 Å². The van der Waals surface area contributed by atoms with Gasteiger partial charge in [0.05, 0.1) is 17.2 Å². The number of unbranched alkanes of at least 4 members (excludes halogenated alkanes) is 6. The molecule has 0 aliphatic rings. The minimum absolute atomic E-state index is 0.000534. The maximum Gasteiger partial charge on any atom is 0.417 e. The summed E-state index contributed by atoms with van der Waals surface area (Å²) in [5.41, 5.74) is -1.18. The summed E-state index contributed by atoms with van der Waals surface area (Å²) in [4.78, 5) is 64.1. The second-order valence-corrected chi connectivity index (χ2v) is 12.4. The number of nitrogens with one attached hydrogen (secondary N) is 1. The van der Waals surface area contributed by atoms with E-state index >= 15 is 0 Å². The number of esters is 1. The Hall–Kier alpha value is -4.02. The highest BCUT2D eigenvalue weighted by Gasteiger charge is 2.37. The second kappa shape index (κ2) is 20.4. The first-order chi connectivity index (χ1) is 22.7. The molecule has 2 aromatic carbocycles. The van der Waals surface area contributed by atoms with Crippen LogP contribution in [0, 0.1) is 18.8 Å². The molecular formula is C37H48F3NO7. The Morgan fingerprint density at radius 1 is 0.854 bits per heavy atom. The number of amides is 1. The molecule has 2 aromatic rings. The molecule has 0 aliphatic heterocycles. The van der Waals surface area contributed by atoms with Crippen molar-refractivity contribution in [1.82, 2.24) is 5.32 Å². The molecule has 0 fully saturated rings. The van der Waals surface area contributed by atoms with Crippen molar-refractivity contribution in [2.75, 3.05) is 6.61 Å². The number of hydrogen-bond donors (Lipinski definition) is 2. The molecule has 11 heteroatoms. The predicted octanol–water partition coefficient (Wildman–Crippen LogP) is 7.68. The zero-order valence-corrected chi connectivity index (χ0v) is 28.1. The van der Waals surface area contributed by atoms with E-state index in [0.29, 0.717) is 6.42 Å². The Morgan fingerprint density at radius 3 is 2.12 bits per heavy atom. The van der Waals surface area contributed by atoms with Crippen molar-refractivity contribution in [2.45, 2.75) is 110 Å². The molecule has 48 heavy (non-hydrogen) atoms. The molecule has 3 atom stereocenters. The zero-order valence-electron chi connectivity index (χ0n) is 28.1. The van der Waals surface area contributed by atoms with Gasteiger partial charge in [0.2, 0.25) is 5.91 Å². The van der Waals surface area contributed by atoms with E-state index in [1.54, 1.807) is 37.3 Å².